The SMILES string of the molecule is CNNc1ccc(C(=O)O)cn1. The summed E-state index contributed by atoms with van der Waals surface area (Å²) < 4.78 is 0. The first-order chi connectivity index (χ1) is 5.74. The Kier molecular flexibility index (Phi) is 2.60. The highest BCUT2D eigenvalue weighted by Gasteiger charge is 2.01. The van der Waals surface area contributed by atoms with Crippen LogP contribution < -0.4 is 10.9 Å². The van der Waals surface area contributed by atoms with Gasteiger partial charge in [-0.25, -0.2) is 15.2 Å². The number of hydrazine groups is 1. The summed E-state index contributed by atoms with van der Waals surface area (Å²) in [5.41, 5.74) is 5.57. The Hall–Kier alpha value is -1.62. The molecule has 1 aromatic rings. The fourth-order valence-corrected chi connectivity index (χ4v) is 0.722. The van der Waals surface area contributed by atoms with Gasteiger partial charge in [0.05, 0.1) is 5.56 Å². The average Bonchev–Trinajstić information content (AvgIpc) is 2.06. The Morgan fingerprint density at radius 1 is 1.58 bits per heavy atom. The van der Waals surface area contributed by atoms with Crippen molar-refractivity contribution in [2.75, 3.05) is 12.5 Å². The minimum Gasteiger partial charge on any atom is -0.478 e. The molecule has 5 nitrogen and oxygen atoms in total. The van der Waals surface area contributed by atoms with E-state index >= 15 is 0 Å². The van der Waals surface area contributed by atoms with Crippen molar-refractivity contribution in [3.8, 4) is 0 Å². The van der Waals surface area contributed by atoms with E-state index in [1.807, 2.05) is 0 Å². The highest BCUT2D eigenvalue weighted by atomic mass is 16.4. The minimum atomic E-state index is -0.974. The molecule has 0 aliphatic carbocycles. The van der Waals surface area contributed by atoms with Crippen LogP contribution in [0.25, 0.3) is 0 Å². The number of carboxylic acid groups (broad SMARTS) is 1. The van der Waals surface area contributed by atoms with Crippen LogP contribution in [0, 0.1) is 0 Å². The van der Waals surface area contributed by atoms with E-state index in [9.17, 15) is 4.79 Å². The molecule has 0 fully saturated rings. The largest absolute Gasteiger partial charge is 0.478 e. The molecule has 1 heterocycles. The van der Waals surface area contributed by atoms with Gasteiger partial charge >= 0.3 is 5.97 Å². The van der Waals surface area contributed by atoms with E-state index in [0.717, 1.165) is 0 Å². The molecule has 0 atom stereocenters. The first-order valence-corrected chi connectivity index (χ1v) is 3.36. The molecule has 64 valence electrons. The highest BCUT2D eigenvalue weighted by molar-refractivity contribution is 5.87. The van der Waals surface area contributed by atoms with Gasteiger partial charge in [-0.3, -0.25) is 0 Å². The lowest BCUT2D eigenvalue weighted by molar-refractivity contribution is 0.0696. The Morgan fingerprint density at radius 3 is 2.75 bits per heavy atom. The van der Waals surface area contributed by atoms with E-state index in [2.05, 4.69) is 15.8 Å². The van der Waals surface area contributed by atoms with Gasteiger partial charge < -0.3 is 10.5 Å². The number of anilines is 1. The van der Waals surface area contributed by atoms with Crippen molar-refractivity contribution in [1.82, 2.24) is 10.4 Å². The maximum Gasteiger partial charge on any atom is 0.337 e. The summed E-state index contributed by atoms with van der Waals surface area (Å²) in [7, 11) is 1.70. The maximum absolute atomic E-state index is 10.4. The van der Waals surface area contributed by atoms with Crippen LogP contribution in [0.1, 0.15) is 10.4 Å². The summed E-state index contributed by atoms with van der Waals surface area (Å²) in [6.45, 7) is 0. The lowest BCUT2D eigenvalue weighted by atomic mass is 10.3. The summed E-state index contributed by atoms with van der Waals surface area (Å²) in [4.78, 5) is 14.2. The zero-order valence-electron chi connectivity index (χ0n) is 6.53. The van der Waals surface area contributed by atoms with Crippen LogP contribution in [0.4, 0.5) is 5.82 Å². The molecule has 0 saturated heterocycles. The van der Waals surface area contributed by atoms with E-state index in [4.69, 9.17) is 5.11 Å². The highest BCUT2D eigenvalue weighted by Crippen LogP contribution is 2.02. The number of nitrogens with zero attached hydrogens (tertiary/aromatic N) is 1. The molecule has 0 aliphatic rings. The lowest BCUT2D eigenvalue weighted by Gasteiger charge is -2.01. The van der Waals surface area contributed by atoms with E-state index in [0.29, 0.717) is 5.82 Å². The number of nitrogens with one attached hydrogen (secondary N) is 2. The number of rotatable bonds is 3. The first-order valence-electron chi connectivity index (χ1n) is 3.36. The third-order valence-electron chi connectivity index (χ3n) is 1.26. The predicted molar refractivity (Wildman–Crippen MR) is 43.9 cm³/mol. The Labute approximate surface area is 69.4 Å². The van der Waals surface area contributed by atoms with Gasteiger partial charge in [-0.05, 0) is 12.1 Å². The maximum atomic E-state index is 10.4. The minimum absolute atomic E-state index is 0.177. The van der Waals surface area contributed by atoms with Crippen LogP contribution in [0.3, 0.4) is 0 Å². The monoisotopic (exact) mass is 167 g/mol. The standard InChI is InChI=1S/C7H9N3O2/c1-8-10-6-3-2-5(4-9-6)7(11)12/h2-4,8H,1H3,(H,9,10)(H,11,12). The molecule has 1 aromatic heterocycles. The molecule has 0 radical (unpaired) electrons. The summed E-state index contributed by atoms with van der Waals surface area (Å²) in [6.07, 6.45) is 1.29. The fourth-order valence-electron chi connectivity index (χ4n) is 0.722. The Bertz CT molecular complexity index is 270. The van der Waals surface area contributed by atoms with Gasteiger partial charge in [-0.1, -0.05) is 0 Å². The molecule has 5 heteroatoms. The van der Waals surface area contributed by atoms with Gasteiger partial charge in [0.15, 0.2) is 0 Å². The third-order valence-corrected chi connectivity index (χ3v) is 1.26. The predicted octanol–water partition coefficient (Wildman–Crippen LogP) is 0.326. The molecule has 12 heavy (non-hydrogen) atoms. The molecule has 0 saturated carbocycles. The van der Waals surface area contributed by atoms with E-state index in [1.165, 1.54) is 12.3 Å². The summed E-state index contributed by atoms with van der Waals surface area (Å²) >= 11 is 0. The molecular weight excluding hydrogens is 158 g/mol. The van der Waals surface area contributed by atoms with Crippen LogP contribution in [0.15, 0.2) is 18.3 Å². The Balaban J connectivity index is 2.78. The van der Waals surface area contributed by atoms with Gasteiger partial charge in [0.25, 0.3) is 0 Å². The van der Waals surface area contributed by atoms with Gasteiger partial charge in [-0.2, -0.15) is 0 Å². The number of carboxylic acids is 1. The summed E-state index contributed by atoms with van der Waals surface area (Å²) in [6, 6.07) is 3.06. The lowest BCUT2D eigenvalue weighted by Crippen LogP contribution is -2.16. The van der Waals surface area contributed by atoms with Crippen LogP contribution in [0.5, 0.6) is 0 Å². The second-order valence-electron chi connectivity index (χ2n) is 2.11. The smallest absolute Gasteiger partial charge is 0.337 e. The van der Waals surface area contributed by atoms with Crippen LogP contribution >= 0.6 is 0 Å². The van der Waals surface area contributed by atoms with Crippen molar-refractivity contribution in [1.29, 1.82) is 0 Å². The van der Waals surface area contributed by atoms with Gasteiger partial charge in [0, 0.05) is 13.2 Å². The van der Waals surface area contributed by atoms with Gasteiger partial charge in [0.1, 0.15) is 5.82 Å². The van der Waals surface area contributed by atoms with Crippen LogP contribution in [-0.2, 0) is 0 Å². The van der Waals surface area contributed by atoms with Crippen LogP contribution in [-0.4, -0.2) is 23.1 Å². The van der Waals surface area contributed by atoms with Crippen molar-refractivity contribution in [2.24, 2.45) is 0 Å². The molecule has 0 aliphatic heterocycles. The second kappa shape index (κ2) is 3.68. The number of pyridine rings is 1. The van der Waals surface area contributed by atoms with Crippen molar-refractivity contribution in [3.05, 3.63) is 23.9 Å². The number of aromatic carboxylic acids is 1. The topological polar surface area (TPSA) is 74.2 Å². The molecular formula is C7H9N3O2. The van der Waals surface area contributed by atoms with Crippen molar-refractivity contribution in [2.45, 2.75) is 0 Å². The number of carbonyl (C=O) groups is 1. The zero-order valence-corrected chi connectivity index (χ0v) is 6.53. The molecule has 0 aromatic carbocycles. The zero-order chi connectivity index (χ0) is 8.97. The number of hydrogen-bond acceptors (Lipinski definition) is 4. The molecule has 3 N–H and O–H groups in total. The van der Waals surface area contributed by atoms with E-state index < -0.39 is 5.97 Å². The number of aromatic nitrogens is 1. The van der Waals surface area contributed by atoms with Gasteiger partial charge in [0.2, 0.25) is 0 Å². The number of hydrogen-bond donors (Lipinski definition) is 3. The summed E-state index contributed by atoms with van der Waals surface area (Å²) in [5.74, 6) is -0.388. The average molecular weight is 167 g/mol. The quantitative estimate of drug-likeness (QED) is 0.565. The Morgan fingerprint density at radius 2 is 2.33 bits per heavy atom. The first kappa shape index (κ1) is 8.48. The fraction of sp³-hybridized carbons (Fsp3) is 0.143. The normalized spacial score (nSPS) is 9.42. The molecule has 1 rings (SSSR count). The van der Waals surface area contributed by atoms with Crippen LogP contribution in [0.2, 0.25) is 0 Å². The van der Waals surface area contributed by atoms with Crippen molar-refractivity contribution >= 4 is 11.8 Å². The third kappa shape index (κ3) is 1.93. The van der Waals surface area contributed by atoms with E-state index in [1.54, 1.807) is 13.1 Å². The van der Waals surface area contributed by atoms with E-state index in [-0.39, 0.29) is 5.56 Å². The molecule has 0 amide bonds. The second-order valence-corrected chi connectivity index (χ2v) is 2.11. The molecule has 0 spiro atoms. The molecule has 0 bridgehead atoms. The summed E-state index contributed by atoms with van der Waals surface area (Å²) in [5, 5.41) is 8.53. The van der Waals surface area contributed by atoms with Crippen molar-refractivity contribution < 1.29 is 9.90 Å². The van der Waals surface area contributed by atoms with Crippen molar-refractivity contribution in [3.63, 3.8) is 0 Å². The molecule has 0 unspecified atom stereocenters. The van der Waals surface area contributed by atoms with Gasteiger partial charge in [-0.15, -0.1) is 0 Å².